The highest BCUT2D eigenvalue weighted by molar-refractivity contribution is 5.28. The third-order valence-corrected chi connectivity index (χ3v) is 7.43. The maximum atomic E-state index is 9.80. The third-order valence-electron chi connectivity index (χ3n) is 7.43. The van der Waals surface area contributed by atoms with E-state index in [-0.39, 0.29) is 0 Å². The molecule has 8 nitrogen and oxygen atoms in total. The van der Waals surface area contributed by atoms with E-state index in [0.29, 0.717) is 38.4 Å². The molecular weight excluding hydrogens is 556 g/mol. The molecule has 2 saturated carbocycles. The van der Waals surface area contributed by atoms with Gasteiger partial charge < -0.3 is 39.8 Å². The molecule has 44 heavy (non-hydrogen) atoms. The number of aliphatic hydroxyl groups is 2. The molecule has 2 atom stereocenters. The second-order valence-electron chi connectivity index (χ2n) is 12.9. The first-order valence-corrected chi connectivity index (χ1v) is 16.7. The molecule has 0 bridgehead atoms. The van der Waals surface area contributed by atoms with Gasteiger partial charge >= 0.3 is 0 Å². The van der Waals surface area contributed by atoms with Crippen molar-refractivity contribution in [1.82, 2.24) is 10.6 Å². The van der Waals surface area contributed by atoms with Gasteiger partial charge in [-0.1, -0.05) is 52.0 Å². The van der Waals surface area contributed by atoms with Crippen LogP contribution < -0.4 is 20.1 Å². The fraction of sp³-hybridized carbons (Fsp3) is 0.667. The molecule has 2 aromatic carbocycles. The van der Waals surface area contributed by atoms with Crippen LogP contribution in [0.1, 0.15) is 64.5 Å². The summed E-state index contributed by atoms with van der Waals surface area (Å²) >= 11 is 0. The van der Waals surface area contributed by atoms with Gasteiger partial charge in [0.15, 0.2) is 0 Å². The van der Waals surface area contributed by atoms with Crippen molar-refractivity contribution in [2.75, 3.05) is 52.7 Å². The van der Waals surface area contributed by atoms with Gasteiger partial charge in [-0.15, -0.1) is 0 Å². The minimum Gasteiger partial charge on any atom is -0.491 e. The van der Waals surface area contributed by atoms with Crippen molar-refractivity contribution >= 4 is 0 Å². The van der Waals surface area contributed by atoms with E-state index >= 15 is 0 Å². The number of hydrogen-bond donors (Lipinski definition) is 4. The molecule has 2 fully saturated rings. The Morgan fingerprint density at radius 3 is 1.30 bits per heavy atom. The second kappa shape index (κ2) is 20.8. The van der Waals surface area contributed by atoms with Crippen LogP contribution in [-0.2, 0) is 22.3 Å². The summed E-state index contributed by atoms with van der Waals surface area (Å²) in [5, 5.41) is 26.0. The lowest BCUT2D eigenvalue weighted by Gasteiger charge is -2.15. The molecule has 248 valence electrons. The summed E-state index contributed by atoms with van der Waals surface area (Å²) in [5.74, 6) is 3.25. The SMILES string of the molecule is CC(C)NC[C@H](O)COc1ccc(CCOCC2CC2)cc1.CC(C)NC[C@H](O)COc1ccc(CCOCC2CC2)cc1. The molecule has 0 unspecified atom stereocenters. The Kier molecular flexibility index (Phi) is 17.1. The Labute approximate surface area is 265 Å². The number of rotatable bonds is 22. The van der Waals surface area contributed by atoms with Gasteiger partial charge in [0.25, 0.3) is 0 Å². The minimum atomic E-state index is -0.488. The lowest BCUT2D eigenvalue weighted by Crippen LogP contribution is -2.35. The van der Waals surface area contributed by atoms with Gasteiger partial charge in [-0.25, -0.2) is 0 Å². The van der Waals surface area contributed by atoms with Crippen LogP contribution in [0.3, 0.4) is 0 Å². The average Bonchev–Trinajstić information content (AvgIpc) is 3.95. The van der Waals surface area contributed by atoms with Crippen LogP contribution >= 0.6 is 0 Å². The van der Waals surface area contributed by atoms with Crippen molar-refractivity contribution < 1.29 is 29.2 Å². The molecule has 8 heteroatoms. The zero-order chi connectivity index (χ0) is 31.6. The summed E-state index contributed by atoms with van der Waals surface area (Å²) in [7, 11) is 0. The predicted octanol–water partition coefficient (Wildman–Crippen LogP) is 4.79. The van der Waals surface area contributed by atoms with E-state index in [0.717, 1.165) is 62.6 Å². The number of nitrogens with one attached hydrogen (secondary N) is 2. The van der Waals surface area contributed by atoms with Crippen LogP contribution in [0.2, 0.25) is 0 Å². The monoisotopic (exact) mass is 614 g/mol. The van der Waals surface area contributed by atoms with Crippen molar-refractivity contribution in [3.05, 3.63) is 59.7 Å². The van der Waals surface area contributed by atoms with Gasteiger partial charge in [-0.05, 0) is 85.8 Å². The lowest BCUT2D eigenvalue weighted by molar-refractivity contribution is 0.104. The van der Waals surface area contributed by atoms with Crippen LogP contribution in [0.4, 0.5) is 0 Å². The molecule has 2 aromatic rings. The molecule has 0 heterocycles. The first-order valence-electron chi connectivity index (χ1n) is 16.7. The van der Waals surface area contributed by atoms with E-state index in [1.165, 1.54) is 36.8 Å². The van der Waals surface area contributed by atoms with Gasteiger partial charge in [0.1, 0.15) is 36.9 Å². The molecule has 0 saturated heterocycles. The van der Waals surface area contributed by atoms with Gasteiger partial charge in [0, 0.05) is 38.4 Å². The van der Waals surface area contributed by atoms with E-state index in [1.54, 1.807) is 0 Å². The van der Waals surface area contributed by atoms with E-state index < -0.39 is 12.2 Å². The summed E-state index contributed by atoms with van der Waals surface area (Å²) in [6.07, 6.45) is 6.25. The Bertz CT molecular complexity index is 911. The number of aliphatic hydroxyl groups excluding tert-OH is 2. The number of hydrogen-bond acceptors (Lipinski definition) is 8. The van der Waals surface area contributed by atoms with Crippen LogP contribution in [0.15, 0.2) is 48.5 Å². The molecule has 2 aliphatic carbocycles. The third kappa shape index (κ3) is 17.9. The maximum absolute atomic E-state index is 9.80. The quantitative estimate of drug-likeness (QED) is 0.141. The van der Waals surface area contributed by atoms with Crippen molar-refractivity contribution in [2.24, 2.45) is 11.8 Å². The Morgan fingerprint density at radius 2 is 0.977 bits per heavy atom. The fourth-order valence-corrected chi connectivity index (χ4v) is 4.20. The highest BCUT2D eigenvalue weighted by Crippen LogP contribution is 2.29. The molecule has 0 aliphatic heterocycles. The topological polar surface area (TPSA) is 101 Å². The van der Waals surface area contributed by atoms with Crippen molar-refractivity contribution in [3.8, 4) is 11.5 Å². The van der Waals surface area contributed by atoms with Gasteiger partial charge in [0.2, 0.25) is 0 Å². The highest BCUT2D eigenvalue weighted by atomic mass is 16.5. The highest BCUT2D eigenvalue weighted by Gasteiger charge is 2.21. The van der Waals surface area contributed by atoms with E-state index in [9.17, 15) is 10.2 Å². The van der Waals surface area contributed by atoms with Crippen LogP contribution in [0.25, 0.3) is 0 Å². The van der Waals surface area contributed by atoms with Gasteiger partial charge in [0.05, 0.1) is 13.2 Å². The van der Waals surface area contributed by atoms with Crippen LogP contribution in [-0.4, -0.2) is 87.2 Å². The first kappa shape index (κ1) is 36.3. The fourth-order valence-electron chi connectivity index (χ4n) is 4.20. The minimum absolute atomic E-state index is 0.309. The molecule has 4 rings (SSSR count). The molecule has 4 N–H and O–H groups in total. The number of benzene rings is 2. The summed E-state index contributed by atoms with van der Waals surface area (Å²) in [4.78, 5) is 0. The molecule has 0 radical (unpaired) electrons. The summed E-state index contributed by atoms with van der Waals surface area (Å²) in [6.45, 7) is 13.4. The van der Waals surface area contributed by atoms with E-state index in [1.807, 2.05) is 24.3 Å². The zero-order valence-corrected chi connectivity index (χ0v) is 27.5. The Balaban J connectivity index is 0.000000240. The van der Waals surface area contributed by atoms with Crippen molar-refractivity contribution in [1.29, 1.82) is 0 Å². The predicted molar refractivity (Wildman–Crippen MR) is 177 cm³/mol. The Hall–Kier alpha value is -2.20. The maximum Gasteiger partial charge on any atom is 0.119 e. The normalized spacial score (nSPS) is 16.0. The van der Waals surface area contributed by atoms with Crippen LogP contribution in [0, 0.1) is 11.8 Å². The van der Waals surface area contributed by atoms with E-state index in [2.05, 4.69) is 62.6 Å². The van der Waals surface area contributed by atoms with E-state index in [4.69, 9.17) is 18.9 Å². The zero-order valence-electron chi connectivity index (χ0n) is 27.5. The molecule has 2 aliphatic rings. The molecular formula is C36H58N2O6. The lowest BCUT2D eigenvalue weighted by atomic mass is 10.1. The van der Waals surface area contributed by atoms with Gasteiger partial charge in [-0.2, -0.15) is 0 Å². The molecule has 0 aromatic heterocycles. The standard InChI is InChI=1S/2C18H29NO3/c2*1-14(2)19-11-17(20)13-22-18-7-5-15(6-8-18)9-10-21-12-16-3-4-16/h2*5-8,14,16-17,19-20H,3-4,9-13H2,1-2H3/t2*17-/m00/s1. The van der Waals surface area contributed by atoms with Crippen molar-refractivity contribution in [3.63, 3.8) is 0 Å². The summed E-state index contributed by atoms with van der Waals surface area (Å²) in [6, 6.07) is 16.8. The van der Waals surface area contributed by atoms with Gasteiger partial charge in [-0.3, -0.25) is 0 Å². The second-order valence-corrected chi connectivity index (χ2v) is 12.9. The smallest absolute Gasteiger partial charge is 0.119 e. The largest absolute Gasteiger partial charge is 0.491 e. The average molecular weight is 615 g/mol. The Morgan fingerprint density at radius 1 is 0.614 bits per heavy atom. The summed E-state index contributed by atoms with van der Waals surface area (Å²) < 4.78 is 22.5. The first-order chi connectivity index (χ1) is 21.3. The van der Waals surface area contributed by atoms with Crippen LogP contribution in [0.5, 0.6) is 11.5 Å². The van der Waals surface area contributed by atoms with Crippen molar-refractivity contribution in [2.45, 2.75) is 90.5 Å². The number of ether oxygens (including phenoxy) is 4. The summed E-state index contributed by atoms with van der Waals surface area (Å²) in [5.41, 5.74) is 2.51. The molecule has 0 spiro atoms. The molecule has 0 amide bonds.